The molecule has 1 aromatic rings. The van der Waals surface area contributed by atoms with Crippen molar-refractivity contribution in [2.45, 2.75) is 70.0 Å². The van der Waals surface area contributed by atoms with Crippen molar-refractivity contribution in [2.24, 2.45) is 0 Å². The summed E-state index contributed by atoms with van der Waals surface area (Å²) in [6.45, 7) is 3.28. The molecule has 0 aromatic heterocycles. The summed E-state index contributed by atoms with van der Waals surface area (Å²) >= 11 is 0. The van der Waals surface area contributed by atoms with Crippen LogP contribution in [0.15, 0.2) is 24.3 Å². The highest BCUT2D eigenvalue weighted by Crippen LogP contribution is 2.35. The first kappa shape index (κ1) is 15.1. The summed E-state index contributed by atoms with van der Waals surface area (Å²) in [5, 5.41) is 3.77. The molecule has 0 saturated heterocycles. The number of fused-ring (bicyclic) bond motifs is 1. The van der Waals surface area contributed by atoms with Crippen LogP contribution in [0.4, 0.5) is 0 Å². The molecule has 0 amide bonds. The second-order valence-electron chi connectivity index (χ2n) is 6.80. The maximum absolute atomic E-state index is 3.77. The van der Waals surface area contributed by atoms with Crippen molar-refractivity contribution in [2.75, 3.05) is 13.6 Å². The number of hydrogen-bond donors (Lipinski definition) is 1. The number of benzene rings is 1. The lowest BCUT2D eigenvalue weighted by atomic mass is 9.82. The third-order valence-corrected chi connectivity index (χ3v) is 5.58. The first-order valence-corrected chi connectivity index (χ1v) is 8.84. The van der Waals surface area contributed by atoms with Gasteiger partial charge in [0.25, 0.3) is 0 Å². The van der Waals surface area contributed by atoms with Crippen LogP contribution in [-0.4, -0.2) is 30.6 Å². The summed E-state index contributed by atoms with van der Waals surface area (Å²) in [4.78, 5) is 2.71. The Morgan fingerprint density at radius 2 is 1.86 bits per heavy atom. The van der Waals surface area contributed by atoms with E-state index in [0.29, 0.717) is 12.1 Å². The van der Waals surface area contributed by atoms with Crippen molar-refractivity contribution in [1.82, 2.24) is 10.2 Å². The van der Waals surface area contributed by atoms with E-state index in [0.717, 1.165) is 12.6 Å². The molecule has 2 aliphatic rings. The molecule has 0 bridgehead atoms. The molecule has 2 atom stereocenters. The molecule has 1 aromatic carbocycles. The Hall–Kier alpha value is -0.860. The zero-order valence-electron chi connectivity index (χ0n) is 13.6. The minimum Gasteiger partial charge on any atom is -0.309 e. The summed E-state index contributed by atoms with van der Waals surface area (Å²) in [5.74, 6) is 0. The Kier molecular flexibility index (Phi) is 4.97. The number of hydrogen-bond acceptors (Lipinski definition) is 2. The maximum atomic E-state index is 3.77. The van der Waals surface area contributed by atoms with Crippen LogP contribution in [0.2, 0.25) is 0 Å². The number of likely N-dealkylation sites (N-methyl/N-ethyl adjacent to an activating group) is 2. The second-order valence-corrected chi connectivity index (χ2v) is 6.80. The van der Waals surface area contributed by atoms with Gasteiger partial charge in [-0.25, -0.2) is 0 Å². The van der Waals surface area contributed by atoms with Gasteiger partial charge in [0.1, 0.15) is 0 Å². The molecule has 0 heterocycles. The maximum Gasteiger partial charge on any atom is 0.0480 e. The fraction of sp³-hybridized carbons (Fsp3) is 0.684. The van der Waals surface area contributed by atoms with E-state index in [1.54, 1.807) is 11.1 Å². The van der Waals surface area contributed by atoms with Crippen LogP contribution >= 0.6 is 0 Å². The van der Waals surface area contributed by atoms with Crippen molar-refractivity contribution in [3.05, 3.63) is 35.4 Å². The largest absolute Gasteiger partial charge is 0.309 e. The molecule has 1 saturated carbocycles. The first-order chi connectivity index (χ1) is 10.3. The summed E-state index contributed by atoms with van der Waals surface area (Å²) in [6.07, 6.45) is 9.60. The van der Waals surface area contributed by atoms with Crippen LogP contribution in [0.5, 0.6) is 0 Å². The summed E-state index contributed by atoms with van der Waals surface area (Å²) in [5.41, 5.74) is 3.09. The molecular formula is C19H30N2. The van der Waals surface area contributed by atoms with E-state index < -0.39 is 0 Å². The normalized spacial score (nSPS) is 26.8. The fourth-order valence-electron chi connectivity index (χ4n) is 4.41. The molecule has 2 aliphatic carbocycles. The number of nitrogens with zero attached hydrogens (tertiary/aromatic N) is 1. The summed E-state index contributed by atoms with van der Waals surface area (Å²) < 4.78 is 0. The van der Waals surface area contributed by atoms with Gasteiger partial charge in [-0.2, -0.15) is 0 Å². The third-order valence-electron chi connectivity index (χ3n) is 5.58. The average molecular weight is 286 g/mol. The van der Waals surface area contributed by atoms with E-state index in [-0.39, 0.29) is 0 Å². The van der Waals surface area contributed by atoms with Gasteiger partial charge in [-0.3, -0.25) is 4.90 Å². The molecule has 1 fully saturated rings. The Morgan fingerprint density at radius 1 is 1.10 bits per heavy atom. The zero-order chi connectivity index (χ0) is 14.7. The second kappa shape index (κ2) is 6.93. The highest BCUT2D eigenvalue weighted by atomic mass is 15.2. The monoisotopic (exact) mass is 286 g/mol. The SMILES string of the molecule is CCNC1c2ccccc2CCC1N(C)C1CCCCC1. The van der Waals surface area contributed by atoms with Gasteiger partial charge in [0.2, 0.25) is 0 Å². The molecular weight excluding hydrogens is 256 g/mol. The number of nitrogens with one attached hydrogen (secondary N) is 1. The Morgan fingerprint density at radius 3 is 2.62 bits per heavy atom. The first-order valence-electron chi connectivity index (χ1n) is 8.84. The molecule has 2 unspecified atom stereocenters. The molecule has 0 radical (unpaired) electrons. The van der Waals surface area contributed by atoms with E-state index in [1.165, 1.54) is 44.9 Å². The van der Waals surface area contributed by atoms with Crippen molar-refractivity contribution in [3.63, 3.8) is 0 Å². The van der Waals surface area contributed by atoms with Gasteiger partial charge < -0.3 is 5.32 Å². The highest BCUT2D eigenvalue weighted by Gasteiger charge is 2.34. The van der Waals surface area contributed by atoms with Crippen LogP contribution in [0.25, 0.3) is 0 Å². The van der Waals surface area contributed by atoms with E-state index in [2.05, 4.69) is 48.5 Å². The molecule has 2 nitrogen and oxygen atoms in total. The third kappa shape index (κ3) is 3.17. The van der Waals surface area contributed by atoms with Crippen LogP contribution < -0.4 is 5.32 Å². The van der Waals surface area contributed by atoms with Crippen molar-refractivity contribution < 1.29 is 0 Å². The lowest BCUT2D eigenvalue weighted by Crippen LogP contribution is -2.50. The Balaban J connectivity index is 1.80. The standard InChI is InChI=1S/C19H30N2/c1-3-20-19-17-12-8-7-9-15(17)13-14-18(19)21(2)16-10-5-4-6-11-16/h7-9,12,16,18-20H,3-6,10-11,13-14H2,1-2H3. The fourth-order valence-corrected chi connectivity index (χ4v) is 4.41. The zero-order valence-corrected chi connectivity index (χ0v) is 13.6. The molecule has 21 heavy (non-hydrogen) atoms. The minimum atomic E-state index is 0.506. The van der Waals surface area contributed by atoms with Gasteiger partial charge in [0, 0.05) is 18.1 Å². The van der Waals surface area contributed by atoms with E-state index in [9.17, 15) is 0 Å². The smallest absolute Gasteiger partial charge is 0.0480 e. The Bertz CT molecular complexity index is 451. The van der Waals surface area contributed by atoms with Crippen LogP contribution in [-0.2, 0) is 6.42 Å². The van der Waals surface area contributed by atoms with Crippen molar-refractivity contribution in [1.29, 1.82) is 0 Å². The molecule has 2 heteroatoms. The van der Waals surface area contributed by atoms with Gasteiger partial charge in [-0.1, -0.05) is 50.5 Å². The summed E-state index contributed by atoms with van der Waals surface area (Å²) in [7, 11) is 2.37. The minimum absolute atomic E-state index is 0.506. The van der Waals surface area contributed by atoms with Crippen LogP contribution in [0, 0.1) is 0 Å². The predicted molar refractivity (Wildman–Crippen MR) is 89.6 cm³/mol. The quantitative estimate of drug-likeness (QED) is 0.902. The lowest BCUT2D eigenvalue weighted by molar-refractivity contribution is 0.0990. The molecule has 1 N–H and O–H groups in total. The van der Waals surface area contributed by atoms with Gasteiger partial charge in [-0.05, 0) is 50.4 Å². The molecule has 0 aliphatic heterocycles. The van der Waals surface area contributed by atoms with Crippen molar-refractivity contribution in [3.8, 4) is 0 Å². The molecule has 0 spiro atoms. The Labute approximate surface area is 129 Å². The van der Waals surface area contributed by atoms with E-state index in [4.69, 9.17) is 0 Å². The van der Waals surface area contributed by atoms with Crippen LogP contribution in [0.3, 0.4) is 0 Å². The van der Waals surface area contributed by atoms with Crippen LogP contribution in [0.1, 0.15) is 62.6 Å². The van der Waals surface area contributed by atoms with Gasteiger partial charge >= 0.3 is 0 Å². The lowest BCUT2D eigenvalue weighted by Gasteiger charge is -2.44. The number of rotatable bonds is 4. The topological polar surface area (TPSA) is 15.3 Å². The van der Waals surface area contributed by atoms with Gasteiger partial charge in [-0.15, -0.1) is 0 Å². The van der Waals surface area contributed by atoms with Crippen molar-refractivity contribution >= 4 is 0 Å². The van der Waals surface area contributed by atoms with E-state index in [1.807, 2.05) is 0 Å². The average Bonchev–Trinajstić information content (AvgIpc) is 2.55. The van der Waals surface area contributed by atoms with Gasteiger partial charge in [0.15, 0.2) is 0 Å². The molecule has 116 valence electrons. The van der Waals surface area contributed by atoms with E-state index >= 15 is 0 Å². The summed E-state index contributed by atoms with van der Waals surface area (Å²) in [6, 6.07) is 11.0. The molecule has 3 rings (SSSR count). The highest BCUT2D eigenvalue weighted by molar-refractivity contribution is 5.34. The van der Waals surface area contributed by atoms with Gasteiger partial charge in [0.05, 0.1) is 0 Å². The predicted octanol–water partition coefficient (Wildman–Crippen LogP) is 3.92. The number of aryl methyl sites for hydroxylation is 1.